The van der Waals surface area contributed by atoms with E-state index in [9.17, 15) is 9.59 Å². The van der Waals surface area contributed by atoms with E-state index in [1.54, 1.807) is 6.92 Å². The molecule has 0 atom stereocenters. The Balaban J connectivity index is 2.00. The van der Waals surface area contributed by atoms with Gasteiger partial charge in [-0.05, 0) is 60.9 Å². The summed E-state index contributed by atoms with van der Waals surface area (Å²) in [6, 6.07) is 0. The topological polar surface area (TPSA) is 70.5 Å². The van der Waals surface area contributed by atoms with Gasteiger partial charge in [0.05, 0.1) is 27.1 Å². The molecule has 1 aromatic rings. The molecule has 5 nitrogen and oxygen atoms in total. The average Bonchev–Trinajstić information content (AvgIpc) is 2.48. The summed E-state index contributed by atoms with van der Waals surface area (Å²) in [5, 5.41) is 9.16. The zero-order chi connectivity index (χ0) is 16.8. The predicted molar refractivity (Wildman–Crippen MR) is 91.1 cm³/mol. The van der Waals surface area contributed by atoms with Crippen molar-refractivity contribution >= 4 is 33.4 Å². The Labute approximate surface area is 144 Å². The minimum atomic E-state index is -1.43. The molecule has 0 amide bonds. The van der Waals surface area contributed by atoms with Crippen LogP contribution in [0.15, 0.2) is 4.47 Å². The van der Waals surface area contributed by atoms with Gasteiger partial charge in [-0.1, -0.05) is 6.42 Å². The number of carboxylic acids is 1. The number of hydrogen-bond acceptors (Lipinski definition) is 4. The van der Waals surface area contributed by atoms with E-state index in [4.69, 9.17) is 5.11 Å². The number of carbonyl (C=O) groups is 2. The average molecular weight is 381 g/mol. The number of carboxylic acid groups (broad SMARTS) is 1. The van der Waals surface area contributed by atoms with Crippen LogP contribution in [-0.2, 0) is 4.79 Å². The Morgan fingerprint density at radius 3 is 2.22 bits per heavy atom. The smallest absolute Gasteiger partial charge is 0.377 e. The third-order valence-corrected chi connectivity index (χ3v) is 6.38. The van der Waals surface area contributed by atoms with E-state index in [0.717, 1.165) is 36.1 Å². The number of ketones is 1. The molecule has 1 N–H and O–H groups in total. The molecule has 1 saturated heterocycles. The molecule has 0 radical (unpaired) electrons. The van der Waals surface area contributed by atoms with Crippen LogP contribution >= 0.6 is 15.9 Å². The van der Waals surface area contributed by atoms with Crippen LogP contribution < -0.4 is 4.90 Å². The summed E-state index contributed by atoms with van der Waals surface area (Å²) in [7, 11) is 0. The molecule has 2 fully saturated rings. The van der Waals surface area contributed by atoms with Crippen LogP contribution in [0.1, 0.15) is 53.8 Å². The van der Waals surface area contributed by atoms with Crippen molar-refractivity contribution in [3.05, 3.63) is 21.4 Å². The van der Waals surface area contributed by atoms with Gasteiger partial charge in [0, 0.05) is 13.1 Å². The van der Waals surface area contributed by atoms with E-state index in [1.165, 1.54) is 19.3 Å². The summed E-state index contributed by atoms with van der Waals surface area (Å²) in [5.74, 6) is -2.31. The van der Waals surface area contributed by atoms with E-state index < -0.39 is 11.8 Å². The lowest BCUT2D eigenvalue weighted by Crippen LogP contribution is -2.44. The fourth-order valence-corrected chi connectivity index (χ4v) is 4.40. The van der Waals surface area contributed by atoms with Gasteiger partial charge in [0.1, 0.15) is 0 Å². The molecule has 124 valence electrons. The summed E-state index contributed by atoms with van der Waals surface area (Å²) in [6.07, 6.45) is 6.15. The number of hydrogen-bond donors (Lipinski definition) is 1. The van der Waals surface area contributed by atoms with Crippen LogP contribution in [0.4, 0.5) is 5.69 Å². The zero-order valence-corrected chi connectivity index (χ0v) is 15.1. The molecule has 6 heteroatoms. The molecule has 1 saturated carbocycles. The van der Waals surface area contributed by atoms with Crippen LogP contribution in [0, 0.1) is 19.3 Å². The molecule has 0 aromatic carbocycles. The molecule has 2 aliphatic rings. The molecule has 1 aliphatic carbocycles. The molecular formula is C17H21BrN2O3. The predicted octanol–water partition coefficient (Wildman–Crippen LogP) is 3.50. The molecule has 23 heavy (non-hydrogen) atoms. The summed E-state index contributed by atoms with van der Waals surface area (Å²) in [4.78, 5) is 29.9. The number of carbonyl (C=O) groups excluding carboxylic acids is 1. The first-order chi connectivity index (χ1) is 10.8. The second-order valence-corrected chi connectivity index (χ2v) is 7.59. The number of pyridine rings is 1. The molecule has 1 aliphatic heterocycles. The van der Waals surface area contributed by atoms with Crippen LogP contribution in [0.25, 0.3) is 0 Å². The van der Waals surface area contributed by atoms with Gasteiger partial charge in [-0.2, -0.15) is 0 Å². The standard InChI is InChI=1S/C17H21BrN2O3/c1-10-12(15(21)16(22)23)14(13(18)11(2)19-10)20-8-6-17(7-9-20)4-3-5-17/h3-9H2,1-2H3,(H,22,23). The van der Waals surface area contributed by atoms with Gasteiger partial charge in [0.2, 0.25) is 0 Å². The van der Waals surface area contributed by atoms with Gasteiger partial charge >= 0.3 is 5.97 Å². The second-order valence-electron chi connectivity index (χ2n) is 6.80. The third kappa shape index (κ3) is 2.77. The summed E-state index contributed by atoms with van der Waals surface area (Å²) >= 11 is 3.53. The van der Waals surface area contributed by atoms with Crippen molar-refractivity contribution in [3.8, 4) is 0 Å². The van der Waals surface area contributed by atoms with E-state index in [0.29, 0.717) is 16.8 Å². The Kier molecular flexibility index (Phi) is 4.21. The zero-order valence-electron chi connectivity index (χ0n) is 13.5. The van der Waals surface area contributed by atoms with Gasteiger partial charge in [0.15, 0.2) is 0 Å². The highest BCUT2D eigenvalue weighted by atomic mass is 79.9. The highest BCUT2D eigenvalue weighted by Gasteiger charge is 2.40. The fraction of sp³-hybridized carbons (Fsp3) is 0.588. The quantitative estimate of drug-likeness (QED) is 0.641. The highest BCUT2D eigenvalue weighted by molar-refractivity contribution is 9.10. The number of piperidine rings is 1. The van der Waals surface area contributed by atoms with Crippen LogP contribution in [0.5, 0.6) is 0 Å². The number of Topliss-reactive ketones (excluding diaryl/α,β-unsaturated/α-hetero) is 1. The summed E-state index contributed by atoms with van der Waals surface area (Å²) < 4.78 is 0.734. The van der Waals surface area contributed by atoms with Gasteiger partial charge < -0.3 is 10.0 Å². The van der Waals surface area contributed by atoms with Crippen molar-refractivity contribution in [2.75, 3.05) is 18.0 Å². The fourth-order valence-electron chi connectivity index (χ4n) is 3.87. The molecule has 3 rings (SSSR count). The van der Waals surface area contributed by atoms with Gasteiger partial charge in [-0.3, -0.25) is 9.78 Å². The lowest BCUT2D eigenvalue weighted by atomic mass is 9.63. The molecular weight excluding hydrogens is 360 g/mol. The van der Waals surface area contributed by atoms with Crippen LogP contribution in [-0.4, -0.2) is 34.9 Å². The number of aryl methyl sites for hydroxylation is 2. The SMILES string of the molecule is Cc1nc(C)c(C(=O)C(=O)O)c(N2CCC3(CCC3)CC2)c1Br. The van der Waals surface area contributed by atoms with Crippen LogP contribution in [0.3, 0.4) is 0 Å². The number of rotatable bonds is 3. The number of aromatic nitrogens is 1. The maximum absolute atomic E-state index is 12.2. The normalized spacial score (nSPS) is 19.5. The summed E-state index contributed by atoms with van der Waals surface area (Å²) in [6.45, 7) is 5.30. The Morgan fingerprint density at radius 1 is 1.13 bits per heavy atom. The van der Waals surface area contributed by atoms with Gasteiger partial charge in [0.25, 0.3) is 5.78 Å². The molecule has 2 heterocycles. The first kappa shape index (κ1) is 16.4. The van der Waals surface area contributed by atoms with Crippen molar-refractivity contribution < 1.29 is 14.7 Å². The summed E-state index contributed by atoms with van der Waals surface area (Å²) in [5.41, 5.74) is 2.69. The number of anilines is 1. The monoisotopic (exact) mass is 380 g/mol. The minimum Gasteiger partial charge on any atom is -0.475 e. The Bertz CT molecular complexity index is 673. The van der Waals surface area contributed by atoms with E-state index >= 15 is 0 Å². The molecule has 1 aromatic heterocycles. The van der Waals surface area contributed by atoms with Crippen molar-refractivity contribution in [3.63, 3.8) is 0 Å². The van der Waals surface area contributed by atoms with E-state index in [-0.39, 0.29) is 5.56 Å². The lowest BCUT2D eigenvalue weighted by molar-refractivity contribution is -0.131. The molecule has 0 unspecified atom stereocenters. The van der Waals surface area contributed by atoms with E-state index in [1.807, 2.05) is 6.92 Å². The lowest BCUT2D eigenvalue weighted by Gasteiger charge is -2.49. The largest absolute Gasteiger partial charge is 0.475 e. The maximum atomic E-state index is 12.2. The number of halogens is 1. The second kappa shape index (κ2) is 5.89. The van der Waals surface area contributed by atoms with E-state index in [2.05, 4.69) is 25.8 Å². The van der Waals surface area contributed by atoms with Crippen molar-refractivity contribution in [1.29, 1.82) is 0 Å². The maximum Gasteiger partial charge on any atom is 0.377 e. The van der Waals surface area contributed by atoms with Gasteiger partial charge in [-0.25, -0.2) is 4.79 Å². The minimum absolute atomic E-state index is 0.222. The Morgan fingerprint density at radius 2 is 1.74 bits per heavy atom. The van der Waals surface area contributed by atoms with Crippen molar-refractivity contribution in [2.24, 2.45) is 5.41 Å². The van der Waals surface area contributed by atoms with Gasteiger partial charge in [-0.15, -0.1) is 0 Å². The first-order valence-electron chi connectivity index (χ1n) is 8.04. The number of aliphatic carboxylic acids is 1. The molecule has 0 bridgehead atoms. The number of nitrogens with zero attached hydrogens (tertiary/aromatic N) is 2. The van der Waals surface area contributed by atoms with Crippen molar-refractivity contribution in [2.45, 2.75) is 46.0 Å². The first-order valence-corrected chi connectivity index (χ1v) is 8.83. The third-order valence-electron chi connectivity index (χ3n) is 5.44. The Hall–Kier alpha value is -1.43. The highest BCUT2D eigenvalue weighted by Crippen LogP contribution is 2.50. The molecule has 1 spiro atoms. The van der Waals surface area contributed by atoms with Crippen LogP contribution in [0.2, 0.25) is 0 Å². The van der Waals surface area contributed by atoms with Crippen molar-refractivity contribution in [1.82, 2.24) is 4.98 Å².